The number of hydrogen-bond donors (Lipinski definition) is 2. The van der Waals surface area contributed by atoms with Crippen molar-refractivity contribution in [1.82, 2.24) is 0 Å². The number of amides is 2. The maximum Gasteiger partial charge on any atom is 0.273 e. The molecule has 136 valence electrons. The summed E-state index contributed by atoms with van der Waals surface area (Å²) in [5, 5.41) is 16.0. The van der Waals surface area contributed by atoms with E-state index in [1.807, 2.05) is 0 Å². The Bertz CT molecular complexity index is 820. The van der Waals surface area contributed by atoms with Gasteiger partial charge in [-0.2, -0.15) is 0 Å². The third-order valence-corrected chi connectivity index (χ3v) is 3.21. The fraction of sp³-hybridized carbons (Fsp3) is 0.176. The van der Waals surface area contributed by atoms with Gasteiger partial charge in [-0.1, -0.05) is 0 Å². The fourth-order valence-electron chi connectivity index (χ4n) is 2.07. The van der Waals surface area contributed by atoms with Crippen molar-refractivity contribution in [1.29, 1.82) is 0 Å². The lowest BCUT2D eigenvalue weighted by molar-refractivity contribution is -0.384. The number of nitrogens with one attached hydrogen (secondary N) is 2. The van der Waals surface area contributed by atoms with E-state index < -0.39 is 10.8 Å². The fourth-order valence-corrected chi connectivity index (χ4v) is 2.07. The average molecular weight is 359 g/mol. The van der Waals surface area contributed by atoms with Crippen LogP contribution in [-0.4, -0.2) is 30.5 Å². The minimum atomic E-state index is -0.554. The molecule has 9 nitrogen and oxygen atoms in total. The molecule has 2 aromatic rings. The van der Waals surface area contributed by atoms with Crippen molar-refractivity contribution in [3.63, 3.8) is 0 Å². The third kappa shape index (κ3) is 5.20. The molecule has 0 radical (unpaired) electrons. The molecule has 2 amide bonds. The average Bonchev–Trinajstić information content (AvgIpc) is 2.60. The Balaban J connectivity index is 1.94. The Morgan fingerprint density at radius 2 is 1.81 bits per heavy atom. The molecule has 0 aliphatic heterocycles. The first-order valence-electron chi connectivity index (χ1n) is 7.52. The van der Waals surface area contributed by atoms with Gasteiger partial charge >= 0.3 is 0 Å². The van der Waals surface area contributed by atoms with Crippen LogP contribution in [0.25, 0.3) is 0 Å². The van der Waals surface area contributed by atoms with Gasteiger partial charge in [-0.25, -0.2) is 0 Å². The number of carbonyl (C=O) groups excluding carboxylic acids is 2. The van der Waals surface area contributed by atoms with E-state index in [1.54, 1.807) is 24.3 Å². The summed E-state index contributed by atoms with van der Waals surface area (Å²) in [6.45, 7) is 1.14. The van der Waals surface area contributed by atoms with E-state index in [1.165, 1.54) is 32.2 Å². The number of anilines is 2. The second-order valence-corrected chi connectivity index (χ2v) is 5.18. The predicted octanol–water partition coefficient (Wildman–Crippen LogP) is 2.58. The summed E-state index contributed by atoms with van der Waals surface area (Å²) < 4.78 is 10.4. The van der Waals surface area contributed by atoms with E-state index in [2.05, 4.69) is 10.6 Å². The second-order valence-electron chi connectivity index (χ2n) is 5.18. The van der Waals surface area contributed by atoms with Gasteiger partial charge in [0.15, 0.2) is 6.61 Å². The highest BCUT2D eigenvalue weighted by Crippen LogP contribution is 2.28. The van der Waals surface area contributed by atoms with Crippen LogP contribution in [0.3, 0.4) is 0 Å². The van der Waals surface area contributed by atoms with E-state index in [0.29, 0.717) is 17.1 Å². The monoisotopic (exact) mass is 359 g/mol. The number of hydrogen-bond acceptors (Lipinski definition) is 6. The van der Waals surface area contributed by atoms with Crippen molar-refractivity contribution >= 4 is 28.9 Å². The topological polar surface area (TPSA) is 120 Å². The van der Waals surface area contributed by atoms with Crippen molar-refractivity contribution in [2.24, 2.45) is 0 Å². The molecule has 9 heteroatoms. The van der Waals surface area contributed by atoms with Crippen LogP contribution in [0.15, 0.2) is 42.5 Å². The first-order valence-corrected chi connectivity index (χ1v) is 7.52. The number of nitro benzene ring substituents is 1. The number of carbonyl (C=O) groups is 2. The number of non-ortho nitro benzene ring substituents is 1. The quantitative estimate of drug-likeness (QED) is 0.579. The van der Waals surface area contributed by atoms with Crippen LogP contribution in [0, 0.1) is 10.1 Å². The van der Waals surface area contributed by atoms with Crippen LogP contribution < -0.4 is 20.1 Å². The summed E-state index contributed by atoms with van der Waals surface area (Å²) in [6, 6.07) is 10.4. The molecule has 2 rings (SSSR count). The highest BCUT2D eigenvalue weighted by Gasteiger charge is 2.13. The summed E-state index contributed by atoms with van der Waals surface area (Å²) in [7, 11) is 1.35. The smallest absolute Gasteiger partial charge is 0.273 e. The number of nitro groups is 1. The van der Waals surface area contributed by atoms with Crippen molar-refractivity contribution in [3.05, 3.63) is 52.6 Å². The van der Waals surface area contributed by atoms with Crippen LogP contribution in [0.4, 0.5) is 17.1 Å². The highest BCUT2D eigenvalue weighted by molar-refractivity contribution is 5.93. The van der Waals surface area contributed by atoms with Crippen LogP contribution in [0.1, 0.15) is 6.92 Å². The van der Waals surface area contributed by atoms with Crippen LogP contribution in [-0.2, 0) is 9.59 Å². The molecule has 0 bridgehead atoms. The SMILES string of the molecule is COc1cc([N+](=O)[O-])ccc1NC(=O)COc1ccc(NC(C)=O)cc1. The zero-order chi connectivity index (χ0) is 19.1. The molecule has 0 aromatic heterocycles. The first kappa shape index (κ1) is 18.7. The standard InChI is InChI=1S/C17H17N3O6/c1-11(21)18-12-3-6-14(7-4-12)26-10-17(22)19-15-8-5-13(20(23)24)9-16(15)25-2/h3-9H,10H2,1-2H3,(H,18,21)(H,19,22). The molecule has 0 saturated heterocycles. The largest absolute Gasteiger partial charge is 0.494 e. The normalized spacial score (nSPS) is 9.92. The van der Waals surface area contributed by atoms with Crippen molar-refractivity contribution in [3.8, 4) is 11.5 Å². The Morgan fingerprint density at radius 3 is 2.38 bits per heavy atom. The number of rotatable bonds is 7. The molecule has 0 aliphatic rings. The van der Waals surface area contributed by atoms with Gasteiger partial charge in [-0.05, 0) is 30.3 Å². The van der Waals surface area contributed by atoms with Gasteiger partial charge in [-0.3, -0.25) is 19.7 Å². The number of benzene rings is 2. The molecule has 0 atom stereocenters. The van der Waals surface area contributed by atoms with Gasteiger partial charge < -0.3 is 20.1 Å². The Morgan fingerprint density at radius 1 is 1.12 bits per heavy atom. The molecule has 0 saturated carbocycles. The van der Waals surface area contributed by atoms with Gasteiger partial charge in [0.05, 0.1) is 23.8 Å². The number of nitrogens with zero attached hydrogens (tertiary/aromatic N) is 1. The van der Waals surface area contributed by atoms with Crippen LogP contribution in [0.2, 0.25) is 0 Å². The van der Waals surface area contributed by atoms with E-state index >= 15 is 0 Å². The van der Waals surface area contributed by atoms with E-state index in [0.717, 1.165) is 0 Å². The maximum absolute atomic E-state index is 12.0. The number of ether oxygens (including phenoxy) is 2. The highest BCUT2D eigenvalue weighted by atomic mass is 16.6. The summed E-state index contributed by atoms with van der Waals surface area (Å²) in [6.07, 6.45) is 0. The minimum Gasteiger partial charge on any atom is -0.494 e. The third-order valence-electron chi connectivity index (χ3n) is 3.21. The van der Waals surface area contributed by atoms with Gasteiger partial charge in [0.1, 0.15) is 11.5 Å². The molecule has 2 aromatic carbocycles. The zero-order valence-electron chi connectivity index (χ0n) is 14.1. The molecule has 0 fully saturated rings. The van der Waals surface area contributed by atoms with Crippen molar-refractivity contribution < 1.29 is 24.0 Å². The van der Waals surface area contributed by atoms with E-state index in [4.69, 9.17) is 9.47 Å². The van der Waals surface area contributed by atoms with E-state index in [-0.39, 0.29) is 24.0 Å². The molecular formula is C17H17N3O6. The number of methoxy groups -OCH3 is 1. The van der Waals surface area contributed by atoms with Crippen LogP contribution in [0.5, 0.6) is 11.5 Å². The summed E-state index contributed by atoms with van der Waals surface area (Å²) in [4.78, 5) is 33.2. The Kier molecular flexibility index (Phi) is 6.10. The molecule has 0 unspecified atom stereocenters. The van der Waals surface area contributed by atoms with Crippen molar-refractivity contribution in [2.75, 3.05) is 24.4 Å². The van der Waals surface area contributed by atoms with Gasteiger partial charge in [0, 0.05) is 18.7 Å². The minimum absolute atomic E-state index is 0.143. The Labute approximate surface area is 149 Å². The molecule has 2 N–H and O–H groups in total. The lowest BCUT2D eigenvalue weighted by Gasteiger charge is -2.11. The van der Waals surface area contributed by atoms with Gasteiger partial charge in [0.2, 0.25) is 5.91 Å². The molecule has 0 aliphatic carbocycles. The summed E-state index contributed by atoms with van der Waals surface area (Å²) in [5.41, 5.74) is 0.771. The molecule has 26 heavy (non-hydrogen) atoms. The maximum atomic E-state index is 12.0. The molecular weight excluding hydrogens is 342 g/mol. The van der Waals surface area contributed by atoms with Crippen LogP contribution >= 0.6 is 0 Å². The van der Waals surface area contributed by atoms with E-state index in [9.17, 15) is 19.7 Å². The Hall–Kier alpha value is -3.62. The van der Waals surface area contributed by atoms with Gasteiger partial charge in [-0.15, -0.1) is 0 Å². The lowest BCUT2D eigenvalue weighted by Crippen LogP contribution is -2.20. The first-order chi connectivity index (χ1) is 12.4. The zero-order valence-corrected chi connectivity index (χ0v) is 14.1. The molecule has 0 spiro atoms. The summed E-state index contributed by atoms with van der Waals surface area (Å²) >= 11 is 0. The molecule has 0 heterocycles. The second kappa shape index (κ2) is 8.47. The predicted molar refractivity (Wildman–Crippen MR) is 94.5 cm³/mol. The summed E-state index contributed by atoms with van der Waals surface area (Å²) in [5.74, 6) is -0.0182. The lowest BCUT2D eigenvalue weighted by atomic mass is 10.2. The van der Waals surface area contributed by atoms with Crippen molar-refractivity contribution in [2.45, 2.75) is 6.92 Å². The van der Waals surface area contributed by atoms with Gasteiger partial charge in [0.25, 0.3) is 11.6 Å².